The predicted octanol–water partition coefficient (Wildman–Crippen LogP) is 5.52. The van der Waals surface area contributed by atoms with Crippen molar-refractivity contribution in [1.29, 1.82) is 0 Å². The van der Waals surface area contributed by atoms with Gasteiger partial charge in [-0.25, -0.2) is 0 Å². The van der Waals surface area contributed by atoms with Gasteiger partial charge in [-0.2, -0.15) is 0 Å². The number of hydrogen-bond donors (Lipinski definition) is 0. The minimum atomic E-state index is 0.522. The lowest BCUT2D eigenvalue weighted by atomic mass is 9.48. The van der Waals surface area contributed by atoms with Crippen molar-refractivity contribution in [2.45, 2.75) is 74.1 Å². The minimum Gasteiger partial charge on any atom is -0.0648 e. The van der Waals surface area contributed by atoms with E-state index in [-0.39, 0.29) is 0 Å². The lowest BCUT2D eigenvalue weighted by Gasteiger charge is -2.56. The second-order valence-electron chi connectivity index (χ2n) is 8.13. The molecular weight excluding hydrogens is 204 g/mol. The summed E-state index contributed by atoms with van der Waals surface area (Å²) in [6.07, 6.45) is 5.70. The van der Waals surface area contributed by atoms with Crippen LogP contribution in [-0.4, -0.2) is 0 Å². The van der Waals surface area contributed by atoms with Gasteiger partial charge in [0.2, 0.25) is 0 Å². The first-order valence-corrected chi connectivity index (χ1v) is 7.70. The molecule has 0 aromatic heterocycles. The van der Waals surface area contributed by atoms with Crippen LogP contribution < -0.4 is 0 Å². The van der Waals surface area contributed by atoms with Crippen LogP contribution in [0.25, 0.3) is 0 Å². The van der Waals surface area contributed by atoms with E-state index in [9.17, 15) is 0 Å². The van der Waals surface area contributed by atoms with Crippen molar-refractivity contribution >= 4 is 0 Å². The second kappa shape index (κ2) is 3.75. The van der Waals surface area contributed by atoms with Crippen LogP contribution in [0.4, 0.5) is 0 Å². The van der Waals surface area contributed by atoms with Crippen LogP contribution in [0, 0.1) is 34.0 Å². The molecule has 0 saturated heterocycles. The molecule has 0 spiro atoms. The van der Waals surface area contributed by atoms with Crippen molar-refractivity contribution in [2.24, 2.45) is 34.0 Å². The summed E-state index contributed by atoms with van der Waals surface area (Å²) in [6.45, 7) is 17.6. The monoisotopic (exact) mass is 236 g/mol. The van der Waals surface area contributed by atoms with Crippen molar-refractivity contribution in [1.82, 2.24) is 0 Å². The molecule has 0 bridgehead atoms. The van der Waals surface area contributed by atoms with Crippen molar-refractivity contribution < 1.29 is 0 Å². The van der Waals surface area contributed by atoms with Crippen LogP contribution in [0.1, 0.15) is 74.1 Å². The minimum absolute atomic E-state index is 0.522. The van der Waals surface area contributed by atoms with Crippen LogP contribution >= 0.6 is 0 Å². The lowest BCUT2D eigenvalue weighted by molar-refractivity contribution is -0.0766. The Balaban J connectivity index is 2.44. The molecule has 0 aliphatic heterocycles. The third-order valence-corrected chi connectivity index (χ3v) is 7.84. The standard InChI is InChI=1S/C17H32/c1-8-16(6)12(2)9-10-17(7)14(16)11-13(3)15(17,4)5/h12-14H,8-11H2,1-7H3. The van der Waals surface area contributed by atoms with E-state index in [4.69, 9.17) is 0 Å². The SMILES string of the molecule is CCC1(C)C(C)CCC2(C)C1CC(C)C2(C)C. The Bertz CT molecular complexity index is 303. The molecule has 0 aromatic carbocycles. The Morgan fingerprint density at radius 1 is 1.00 bits per heavy atom. The van der Waals surface area contributed by atoms with Crippen LogP contribution in [0.5, 0.6) is 0 Å². The van der Waals surface area contributed by atoms with E-state index < -0.39 is 0 Å². The molecule has 2 aliphatic rings. The van der Waals surface area contributed by atoms with Gasteiger partial charge in [-0.15, -0.1) is 0 Å². The van der Waals surface area contributed by atoms with E-state index in [2.05, 4.69) is 48.5 Å². The maximum absolute atomic E-state index is 2.60. The van der Waals surface area contributed by atoms with E-state index in [1.165, 1.54) is 25.7 Å². The Kier molecular flexibility index (Phi) is 2.96. The maximum Gasteiger partial charge on any atom is -0.0238 e. The first-order chi connectivity index (χ1) is 7.70. The van der Waals surface area contributed by atoms with Gasteiger partial charge >= 0.3 is 0 Å². The molecule has 100 valence electrons. The number of fused-ring (bicyclic) bond motifs is 1. The molecular formula is C17H32. The molecule has 0 N–H and O–H groups in total. The van der Waals surface area contributed by atoms with E-state index in [0.717, 1.165) is 17.8 Å². The summed E-state index contributed by atoms with van der Waals surface area (Å²) < 4.78 is 0. The van der Waals surface area contributed by atoms with Gasteiger partial charge in [0.25, 0.3) is 0 Å². The van der Waals surface area contributed by atoms with Gasteiger partial charge in [0.1, 0.15) is 0 Å². The molecule has 0 amide bonds. The fourth-order valence-electron chi connectivity index (χ4n) is 5.20. The molecule has 5 atom stereocenters. The molecule has 2 fully saturated rings. The molecule has 0 heteroatoms. The molecule has 0 radical (unpaired) electrons. The zero-order valence-corrected chi connectivity index (χ0v) is 13.1. The lowest BCUT2D eigenvalue weighted by Crippen LogP contribution is -2.49. The van der Waals surface area contributed by atoms with Crippen molar-refractivity contribution in [3.05, 3.63) is 0 Å². The molecule has 17 heavy (non-hydrogen) atoms. The summed E-state index contributed by atoms with van der Waals surface area (Å²) in [5, 5.41) is 0. The fraction of sp³-hybridized carbons (Fsp3) is 1.00. The van der Waals surface area contributed by atoms with E-state index in [1.54, 1.807) is 0 Å². The number of hydrogen-bond acceptors (Lipinski definition) is 0. The summed E-state index contributed by atoms with van der Waals surface area (Å²) in [6, 6.07) is 0. The highest BCUT2D eigenvalue weighted by Crippen LogP contribution is 2.70. The molecule has 2 rings (SSSR count). The molecule has 0 nitrogen and oxygen atoms in total. The zero-order valence-electron chi connectivity index (χ0n) is 13.1. The average molecular weight is 236 g/mol. The second-order valence-corrected chi connectivity index (χ2v) is 8.13. The Morgan fingerprint density at radius 3 is 2.12 bits per heavy atom. The van der Waals surface area contributed by atoms with Gasteiger partial charge in [0.05, 0.1) is 0 Å². The van der Waals surface area contributed by atoms with Crippen LogP contribution in [0.15, 0.2) is 0 Å². The molecule has 5 unspecified atom stereocenters. The van der Waals surface area contributed by atoms with Gasteiger partial charge < -0.3 is 0 Å². The molecule has 0 heterocycles. The summed E-state index contributed by atoms with van der Waals surface area (Å²) in [5.41, 5.74) is 1.67. The predicted molar refractivity (Wildman–Crippen MR) is 76.0 cm³/mol. The topological polar surface area (TPSA) is 0 Å². The average Bonchev–Trinajstić information content (AvgIpc) is 2.46. The number of rotatable bonds is 1. The maximum atomic E-state index is 2.60. The van der Waals surface area contributed by atoms with Crippen molar-refractivity contribution in [3.8, 4) is 0 Å². The van der Waals surface area contributed by atoms with Gasteiger partial charge in [-0.3, -0.25) is 0 Å². The fourth-order valence-corrected chi connectivity index (χ4v) is 5.20. The largest absolute Gasteiger partial charge is 0.0648 e. The van der Waals surface area contributed by atoms with Gasteiger partial charge in [-0.05, 0) is 53.3 Å². The summed E-state index contributed by atoms with van der Waals surface area (Å²) in [4.78, 5) is 0. The Morgan fingerprint density at radius 2 is 1.59 bits per heavy atom. The molecule has 2 aliphatic carbocycles. The quantitative estimate of drug-likeness (QED) is 0.562. The first kappa shape index (κ1) is 13.4. The zero-order chi connectivity index (χ0) is 13.1. The van der Waals surface area contributed by atoms with E-state index >= 15 is 0 Å². The van der Waals surface area contributed by atoms with Crippen molar-refractivity contribution in [2.75, 3.05) is 0 Å². The summed E-state index contributed by atoms with van der Waals surface area (Å²) in [7, 11) is 0. The Hall–Kier alpha value is 0. The van der Waals surface area contributed by atoms with Gasteiger partial charge in [-0.1, -0.05) is 54.9 Å². The highest BCUT2D eigenvalue weighted by Gasteiger charge is 2.62. The normalized spacial score (nSPS) is 53.5. The van der Waals surface area contributed by atoms with E-state index in [0.29, 0.717) is 16.2 Å². The molecule has 2 saturated carbocycles. The Labute approximate surface area is 109 Å². The van der Waals surface area contributed by atoms with Crippen LogP contribution in [-0.2, 0) is 0 Å². The smallest absolute Gasteiger partial charge is 0.0238 e. The first-order valence-electron chi connectivity index (χ1n) is 7.70. The summed E-state index contributed by atoms with van der Waals surface area (Å²) >= 11 is 0. The highest BCUT2D eigenvalue weighted by atomic mass is 14.7. The molecule has 0 aromatic rings. The summed E-state index contributed by atoms with van der Waals surface area (Å²) in [5.74, 6) is 2.73. The van der Waals surface area contributed by atoms with Crippen LogP contribution in [0.2, 0.25) is 0 Å². The third-order valence-electron chi connectivity index (χ3n) is 7.84. The highest BCUT2D eigenvalue weighted by molar-refractivity contribution is 5.11. The third kappa shape index (κ3) is 1.48. The van der Waals surface area contributed by atoms with E-state index in [1.807, 2.05) is 0 Å². The van der Waals surface area contributed by atoms with Gasteiger partial charge in [0.15, 0.2) is 0 Å². The van der Waals surface area contributed by atoms with Crippen molar-refractivity contribution in [3.63, 3.8) is 0 Å². The van der Waals surface area contributed by atoms with Crippen LogP contribution in [0.3, 0.4) is 0 Å². The van der Waals surface area contributed by atoms with Gasteiger partial charge in [0, 0.05) is 0 Å².